The number of piperidine rings is 1. The van der Waals surface area contributed by atoms with Crippen molar-refractivity contribution < 1.29 is 14.1 Å². The molecular weight excluding hydrogens is 378 g/mol. The third-order valence-electron chi connectivity index (χ3n) is 6.44. The first kappa shape index (κ1) is 19.1. The van der Waals surface area contributed by atoms with Crippen molar-refractivity contribution in [2.75, 3.05) is 20.1 Å². The summed E-state index contributed by atoms with van der Waals surface area (Å²) < 4.78 is 11.4. The first-order valence-electron chi connectivity index (χ1n) is 10.8. The third kappa shape index (κ3) is 3.67. The zero-order chi connectivity index (χ0) is 20.5. The van der Waals surface area contributed by atoms with E-state index in [9.17, 15) is 4.79 Å². The van der Waals surface area contributed by atoms with Gasteiger partial charge in [0.1, 0.15) is 11.4 Å². The number of aromatic nitrogens is 1. The van der Waals surface area contributed by atoms with Crippen molar-refractivity contribution >= 4 is 16.9 Å². The van der Waals surface area contributed by atoms with E-state index in [4.69, 9.17) is 9.26 Å². The summed E-state index contributed by atoms with van der Waals surface area (Å²) in [5, 5.41) is 5.33. The average molecular weight is 405 g/mol. The monoisotopic (exact) mass is 405 g/mol. The molecule has 1 amide bonds. The summed E-state index contributed by atoms with van der Waals surface area (Å²) in [5.74, 6) is 0.990. The smallest absolute Gasteiger partial charge is 0.263 e. The largest absolute Gasteiger partial charge is 0.480 e. The number of carbonyl (C=O) groups is 1. The van der Waals surface area contributed by atoms with E-state index >= 15 is 0 Å². The standard InChI is InChI=1S/C24H27N3O3/c1-26(16-20-19-7-3-5-9-22(19)30-25-20)18-12-14-27(15-13-18)24(28)23-11-10-17-6-2-4-8-21(17)29-23/h2-9,18,23H,10-16H2,1H3. The number of aryl methyl sites for hydroxylation is 1. The Morgan fingerprint density at radius 2 is 1.87 bits per heavy atom. The molecule has 3 heterocycles. The summed E-state index contributed by atoms with van der Waals surface area (Å²) in [5.41, 5.74) is 3.00. The molecule has 0 bridgehead atoms. The summed E-state index contributed by atoms with van der Waals surface area (Å²) in [4.78, 5) is 17.3. The van der Waals surface area contributed by atoms with Crippen LogP contribution in [0.3, 0.4) is 0 Å². The highest BCUT2D eigenvalue weighted by molar-refractivity contribution is 5.82. The van der Waals surface area contributed by atoms with Gasteiger partial charge >= 0.3 is 0 Å². The Morgan fingerprint density at radius 3 is 2.73 bits per heavy atom. The second-order valence-electron chi connectivity index (χ2n) is 8.35. The number of fused-ring (bicyclic) bond motifs is 2. The van der Waals surface area contributed by atoms with Crippen LogP contribution in [0.1, 0.15) is 30.5 Å². The minimum absolute atomic E-state index is 0.133. The van der Waals surface area contributed by atoms with E-state index in [2.05, 4.69) is 29.2 Å². The molecule has 1 saturated heterocycles. The minimum atomic E-state index is -0.351. The maximum Gasteiger partial charge on any atom is 0.263 e. The molecule has 5 rings (SSSR count). The maximum absolute atomic E-state index is 13.0. The van der Waals surface area contributed by atoms with E-state index in [-0.39, 0.29) is 12.0 Å². The highest BCUT2D eigenvalue weighted by atomic mass is 16.5. The van der Waals surface area contributed by atoms with E-state index in [0.29, 0.717) is 6.04 Å². The predicted octanol–water partition coefficient (Wildman–Crippen LogP) is 3.64. The molecule has 156 valence electrons. The van der Waals surface area contributed by atoms with Gasteiger partial charge in [-0.05, 0) is 56.5 Å². The molecule has 6 nitrogen and oxygen atoms in total. The number of carbonyl (C=O) groups excluding carboxylic acids is 1. The third-order valence-corrected chi connectivity index (χ3v) is 6.44. The number of para-hydroxylation sites is 2. The van der Waals surface area contributed by atoms with Crippen LogP contribution in [-0.4, -0.2) is 53.1 Å². The Bertz CT molecular complexity index is 1040. The maximum atomic E-state index is 13.0. The summed E-state index contributed by atoms with van der Waals surface area (Å²) >= 11 is 0. The Labute approximate surface area is 176 Å². The van der Waals surface area contributed by atoms with Crippen LogP contribution >= 0.6 is 0 Å². The first-order valence-corrected chi connectivity index (χ1v) is 10.8. The van der Waals surface area contributed by atoms with E-state index in [1.54, 1.807) is 0 Å². The molecule has 30 heavy (non-hydrogen) atoms. The van der Waals surface area contributed by atoms with Crippen LogP contribution in [-0.2, 0) is 17.8 Å². The van der Waals surface area contributed by atoms with Gasteiger partial charge < -0.3 is 14.2 Å². The van der Waals surface area contributed by atoms with E-state index < -0.39 is 0 Å². The van der Waals surface area contributed by atoms with Gasteiger partial charge in [0.05, 0.1) is 0 Å². The lowest BCUT2D eigenvalue weighted by molar-refractivity contribution is -0.141. The average Bonchev–Trinajstić information content (AvgIpc) is 3.21. The van der Waals surface area contributed by atoms with Gasteiger partial charge in [0.15, 0.2) is 11.7 Å². The van der Waals surface area contributed by atoms with Crippen LogP contribution in [0.15, 0.2) is 53.1 Å². The van der Waals surface area contributed by atoms with Gasteiger partial charge in [-0.2, -0.15) is 0 Å². The van der Waals surface area contributed by atoms with Crippen molar-refractivity contribution in [3.63, 3.8) is 0 Å². The topological polar surface area (TPSA) is 58.8 Å². The lowest BCUT2D eigenvalue weighted by Gasteiger charge is -2.38. The van der Waals surface area contributed by atoms with Crippen molar-refractivity contribution in [1.82, 2.24) is 15.0 Å². The molecule has 2 aromatic carbocycles. The summed E-state index contributed by atoms with van der Waals surface area (Å²) in [6.07, 6.45) is 3.23. The fraction of sp³-hybridized carbons (Fsp3) is 0.417. The Kier molecular flexibility index (Phi) is 5.17. The Hall–Kier alpha value is -2.86. The molecule has 0 spiro atoms. The second-order valence-corrected chi connectivity index (χ2v) is 8.35. The van der Waals surface area contributed by atoms with Gasteiger partial charge in [0.2, 0.25) is 0 Å². The van der Waals surface area contributed by atoms with Crippen molar-refractivity contribution in [1.29, 1.82) is 0 Å². The summed E-state index contributed by atoms with van der Waals surface area (Å²) in [6.45, 7) is 2.29. The van der Waals surface area contributed by atoms with Crippen LogP contribution in [0.5, 0.6) is 5.75 Å². The van der Waals surface area contributed by atoms with Crippen molar-refractivity contribution in [2.24, 2.45) is 0 Å². The molecule has 0 radical (unpaired) electrons. The highest BCUT2D eigenvalue weighted by Crippen LogP contribution is 2.29. The van der Waals surface area contributed by atoms with Crippen molar-refractivity contribution in [2.45, 2.75) is 44.4 Å². The normalized spacial score (nSPS) is 19.7. The molecule has 3 aromatic rings. The molecular formula is C24H27N3O3. The molecule has 2 aliphatic rings. The van der Waals surface area contributed by atoms with Crippen molar-refractivity contribution in [3.05, 3.63) is 59.8 Å². The Morgan fingerprint density at radius 1 is 1.10 bits per heavy atom. The number of benzene rings is 2. The zero-order valence-electron chi connectivity index (χ0n) is 17.3. The molecule has 1 fully saturated rings. The summed E-state index contributed by atoms with van der Waals surface area (Å²) in [7, 11) is 2.13. The van der Waals surface area contributed by atoms with Gasteiger partial charge in [0, 0.05) is 31.1 Å². The van der Waals surface area contributed by atoms with Gasteiger partial charge in [0.25, 0.3) is 5.91 Å². The summed E-state index contributed by atoms with van der Waals surface area (Å²) in [6, 6.07) is 16.4. The Balaban J connectivity index is 1.17. The molecule has 0 saturated carbocycles. The first-order chi connectivity index (χ1) is 14.7. The molecule has 1 aromatic heterocycles. The highest BCUT2D eigenvalue weighted by Gasteiger charge is 2.33. The fourth-order valence-corrected chi connectivity index (χ4v) is 4.65. The molecule has 1 unspecified atom stereocenters. The SMILES string of the molecule is CN(Cc1noc2ccccc12)C1CCN(C(=O)C2CCc3ccccc3O2)CC1. The lowest BCUT2D eigenvalue weighted by atomic mass is 9.99. The number of rotatable bonds is 4. The van der Waals surface area contributed by atoms with E-state index in [1.165, 1.54) is 5.56 Å². The number of amides is 1. The number of ether oxygens (including phenoxy) is 1. The minimum Gasteiger partial charge on any atom is -0.480 e. The van der Waals surface area contributed by atoms with Gasteiger partial charge in [-0.25, -0.2) is 0 Å². The zero-order valence-corrected chi connectivity index (χ0v) is 17.3. The molecule has 0 N–H and O–H groups in total. The number of hydrogen-bond donors (Lipinski definition) is 0. The van der Waals surface area contributed by atoms with Crippen LogP contribution in [0.2, 0.25) is 0 Å². The molecule has 1 atom stereocenters. The van der Waals surface area contributed by atoms with E-state index in [1.807, 2.05) is 41.3 Å². The van der Waals surface area contributed by atoms with Gasteiger partial charge in [-0.1, -0.05) is 35.5 Å². The molecule has 6 heteroatoms. The predicted molar refractivity (Wildman–Crippen MR) is 114 cm³/mol. The quantitative estimate of drug-likeness (QED) is 0.663. The van der Waals surface area contributed by atoms with Crippen LogP contribution in [0.25, 0.3) is 11.0 Å². The van der Waals surface area contributed by atoms with Crippen LogP contribution in [0.4, 0.5) is 0 Å². The number of nitrogens with zero attached hydrogens (tertiary/aromatic N) is 3. The number of likely N-dealkylation sites (tertiary alicyclic amines) is 1. The fourth-order valence-electron chi connectivity index (χ4n) is 4.65. The van der Waals surface area contributed by atoms with Crippen LogP contribution in [0, 0.1) is 0 Å². The van der Waals surface area contributed by atoms with Gasteiger partial charge in [-0.15, -0.1) is 0 Å². The molecule has 0 aliphatic carbocycles. The number of hydrogen-bond acceptors (Lipinski definition) is 5. The van der Waals surface area contributed by atoms with Crippen molar-refractivity contribution in [3.8, 4) is 5.75 Å². The van der Waals surface area contributed by atoms with Crippen LogP contribution < -0.4 is 4.74 Å². The second kappa shape index (κ2) is 8.11. The lowest BCUT2D eigenvalue weighted by Crippen LogP contribution is -2.50. The van der Waals surface area contributed by atoms with Gasteiger partial charge in [-0.3, -0.25) is 9.69 Å². The molecule has 2 aliphatic heterocycles. The van der Waals surface area contributed by atoms with E-state index in [0.717, 1.165) is 67.7 Å².